The smallest absolute Gasteiger partial charge is 0.138 e. The van der Waals surface area contributed by atoms with Gasteiger partial charge >= 0.3 is 0 Å². The van der Waals surface area contributed by atoms with Crippen LogP contribution in [0.1, 0.15) is 0 Å². The van der Waals surface area contributed by atoms with E-state index in [1.807, 2.05) is 0 Å². The predicted octanol–water partition coefficient (Wildman–Crippen LogP) is 10.6. The third kappa shape index (κ3) is 3.80. The highest BCUT2D eigenvalue weighted by molar-refractivity contribution is 6.19. The second-order valence-corrected chi connectivity index (χ2v) is 11.3. The number of hydrogen-bond donors (Lipinski definition) is 0. The first-order chi connectivity index (χ1) is 21.8. The predicted molar refractivity (Wildman–Crippen MR) is 184 cm³/mol. The van der Waals surface area contributed by atoms with Crippen molar-refractivity contribution < 1.29 is 0 Å². The number of benzene rings is 6. The highest BCUT2D eigenvalue weighted by Gasteiger charge is 2.23. The lowest BCUT2D eigenvalue weighted by molar-refractivity contribution is 1.09. The molecule has 3 nitrogen and oxygen atoms in total. The molecule has 0 fully saturated rings. The number of pyridine rings is 1. The second kappa shape index (κ2) is 9.82. The van der Waals surface area contributed by atoms with E-state index in [2.05, 4.69) is 173 Å². The Morgan fingerprint density at radius 2 is 0.977 bits per heavy atom. The number of nitrogens with zero attached hydrogens (tertiary/aromatic N) is 3. The number of hydrogen-bond acceptors (Lipinski definition) is 1. The van der Waals surface area contributed by atoms with Crippen molar-refractivity contribution in [3.05, 3.63) is 164 Å². The molecule has 9 rings (SSSR count). The Morgan fingerprint density at radius 3 is 1.73 bits per heavy atom. The van der Waals surface area contributed by atoms with Crippen molar-refractivity contribution in [2.24, 2.45) is 0 Å². The summed E-state index contributed by atoms with van der Waals surface area (Å²) < 4.78 is 4.76. The highest BCUT2D eigenvalue weighted by atomic mass is 15.1. The highest BCUT2D eigenvalue weighted by Crippen LogP contribution is 2.41. The fourth-order valence-corrected chi connectivity index (χ4v) is 6.69. The lowest BCUT2D eigenvalue weighted by Crippen LogP contribution is -2.00. The minimum Gasteiger partial charge on any atom is -0.307 e. The first-order valence-electron chi connectivity index (χ1n) is 15.0. The molecule has 0 bridgehead atoms. The third-order valence-electron chi connectivity index (χ3n) is 8.68. The molecule has 206 valence electrons. The van der Waals surface area contributed by atoms with Crippen molar-refractivity contribution in [2.75, 3.05) is 0 Å². The Labute approximate surface area is 254 Å². The van der Waals surface area contributed by atoms with E-state index in [1.54, 1.807) is 0 Å². The molecular weight excluding hydrogens is 534 g/mol. The van der Waals surface area contributed by atoms with Gasteiger partial charge in [0.25, 0.3) is 0 Å². The molecule has 44 heavy (non-hydrogen) atoms. The van der Waals surface area contributed by atoms with Gasteiger partial charge < -0.3 is 4.57 Å². The van der Waals surface area contributed by atoms with E-state index in [-0.39, 0.29) is 0 Å². The number of para-hydroxylation sites is 3. The fourth-order valence-electron chi connectivity index (χ4n) is 6.69. The summed E-state index contributed by atoms with van der Waals surface area (Å²) in [5, 5.41) is 4.86. The van der Waals surface area contributed by atoms with Gasteiger partial charge in [-0.25, -0.2) is 4.98 Å². The van der Waals surface area contributed by atoms with Gasteiger partial charge in [-0.05, 0) is 64.4 Å². The second-order valence-electron chi connectivity index (χ2n) is 11.3. The van der Waals surface area contributed by atoms with Gasteiger partial charge in [-0.15, -0.1) is 0 Å². The summed E-state index contributed by atoms with van der Waals surface area (Å²) >= 11 is 0. The Morgan fingerprint density at radius 1 is 0.386 bits per heavy atom. The molecule has 6 aromatic carbocycles. The molecule has 0 aliphatic carbocycles. The lowest BCUT2D eigenvalue weighted by atomic mass is 10.00. The van der Waals surface area contributed by atoms with Crippen LogP contribution in [-0.4, -0.2) is 14.1 Å². The third-order valence-corrected chi connectivity index (χ3v) is 8.68. The van der Waals surface area contributed by atoms with Crippen LogP contribution in [-0.2, 0) is 0 Å². The van der Waals surface area contributed by atoms with E-state index >= 15 is 0 Å². The topological polar surface area (TPSA) is 22.8 Å². The minimum absolute atomic E-state index is 0.900. The molecule has 0 radical (unpaired) electrons. The maximum atomic E-state index is 5.38. The van der Waals surface area contributed by atoms with Crippen molar-refractivity contribution in [1.29, 1.82) is 0 Å². The average Bonchev–Trinajstić information content (AvgIpc) is 3.61. The SMILES string of the molecule is c1ccc(-c2cc(-c3ccc4ccccc4c3)cc(-n3c4ccccc4c4c3c3ccccc3n4-c3ccccc3)n2)cc1. The monoisotopic (exact) mass is 561 g/mol. The maximum Gasteiger partial charge on any atom is 0.138 e. The number of aromatic nitrogens is 3. The zero-order valence-corrected chi connectivity index (χ0v) is 23.9. The van der Waals surface area contributed by atoms with Gasteiger partial charge in [-0.1, -0.05) is 121 Å². The minimum atomic E-state index is 0.900. The van der Waals surface area contributed by atoms with Crippen LogP contribution < -0.4 is 0 Å². The summed E-state index contributed by atoms with van der Waals surface area (Å²) in [5.41, 5.74) is 10.2. The van der Waals surface area contributed by atoms with E-state index in [4.69, 9.17) is 4.98 Å². The number of rotatable bonds is 4. The zero-order chi connectivity index (χ0) is 29.0. The normalized spacial score (nSPS) is 11.6. The van der Waals surface area contributed by atoms with E-state index in [0.717, 1.165) is 39.4 Å². The Balaban J connectivity index is 1.40. The van der Waals surface area contributed by atoms with Crippen LogP contribution in [0.4, 0.5) is 0 Å². The molecule has 3 aromatic heterocycles. The molecule has 0 N–H and O–H groups in total. The number of fused-ring (bicyclic) bond motifs is 6. The molecule has 0 aliphatic heterocycles. The summed E-state index contributed by atoms with van der Waals surface area (Å²) in [6.07, 6.45) is 0. The van der Waals surface area contributed by atoms with Crippen molar-refractivity contribution >= 4 is 43.6 Å². The van der Waals surface area contributed by atoms with Crippen LogP contribution in [0.2, 0.25) is 0 Å². The summed E-state index contributed by atoms with van der Waals surface area (Å²) in [6.45, 7) is 0. The van der Waals surface area contributed by atoms with E-state index in [1.165, 1.54) is 38.1 Å². The largest absolute Gasteiger partial charge is 0.307 e. The summed E-state index contributed by atoms with van der Waals surface area (Å²) in [5.74, 6) is 0.900. The zero-order valence-electron chi connectivity index (χ0n) is 23.9. The van der Waals surface area contributed by atoms with Gasteiger partial charge in [-0.3, -0.25) is 4.57 Å². The first-order valence-corrected chi connectivity index (χ1v) is 15.0. The van der Waals surface area contributed by atoms with Crippen LogP contribution in [0.25, 0.3) is 77.5 Å². The lowest BCUT2D eigenvalue weighted by Gasteiger charge is -2.13. The summed E-state index contributed by atoms with van der Waals surface area (Å²) in [4.78, 5) is 5.38. The summed E-state index contributed by atoms with van der Waals surface area (Å²) in [6, 6.07) is 58.3. The quantitative estimate of drug-likeness (QED) is 0.210. The van der Waals surface area contributed by atoms with Crippen molar-refractivity contribution in [3.63, 3.8) is 0 Å². The van der Waals surface area contributed by atoms with Crippen molar-refractivity contribution in [1.82, 2.24) is 14.1 Å². The average molecular weight is 562 g/mol. The Hall–Kier alpha value is -5.93. The van der Waals surface area contributed by atoms with Gasteiger partial charge in [0, 0.05) is 22.0 Å². The molecule has 0 atom stereocenters. The molecule has 3 heterocycles. The molecule has 3 heteroatoms. The van der Waals surface area contributed by atoms with Gasteiger partial charge in [0.2, 0.25) is 0 Å². The van der Waals surface area contributed by atoms with Crippen LogP contribution in [0.15, 0.2) is 164 Å². The Bertz CT molecular complexity index is 2480. The van der Waals surface area contributed by atoms with Crippen molar-refractivity contribution in [3.8, 4) is 33.9 Å². The van der Waals surface area contributed by atoms with Crippen LogP contribution in [0.3, 0.4) is 0 Å². The molecule has 0 amide bonds. The molecule has 0 saturated carbocycles. The standard InChI is InChI=1S/C41H27N3/c1-3-14-29(15-4-1)36-26-32(31-24-23-28-13-7-8-16-30(28)25-31)27-39(42-36)44-38-22-12-10-20-35(38)40-41(44)34-19-9-11-21-37(34)43(40)33-17-5-2-6-18-33/h1-27H. The first kappa shape index (κ1) is 24.6. The van der Waals surface area contributed by atoms with Crippen LogP contribution in [0, 0.1) is 0 Å². The van der Waals surface area contributed by atoms with Gasteiger partial charge in [0.05, 0.1) is 27.8 Å². The van der Waals surface area contributed by atoms with E-state index in [0.29, 0.717) is 0 Å². The van der Waals surface area contributed by atoms with Gasteiger partial charge in [0.15, 0.2) is 0 Å². The Kier molecular flexibility index (Phi) is 5.50. The van der Waals surface area contributed by atoms with E-state index in [9.17, 15) is 0 Å². The molecule has 0 spiro atoms. The molecule has 0 aliphatic rings. The van der Waals surface area contributed by atoms with Gasteiger partial charge in [-0.2, -0.15) is 0 Å². The van der Waals surface area contributed by atoms with Crippen molar-refractivity contribution in [2.45, 2.75) is 0 Å². The summed E-state index contributed by atoms with van der Waals surface area (Å²) in [7, 11) is 0. The molecule has 0 saturated heterocycles. The molecule has 0 unspecified atom stereocenters. The fraction of sp³-hybridized carbons (Fsp3) is 0. The molecule has 9 aromatic rings. The van der Waals surface area contributed by atoms with E-state index < -0.39 is 0 Å². The molecular formula is C41H27N3. The van der Waals surface area contributed by atoms with Crippen LogP contribution >= 0.6 is 0 Å². The maximum absolute atomic E-state index is 5.38. The van der Waals surface area contributed by atoms with Gasteiger partial charge in [0.1, 0.15) is 5.82 Å². The van der Waals surface area contributed by atoms with Crippen LogP contribution in [0.5, 0.6) is 0 Å².